The zero-order chi connectivity index (χ0) is 25.2. The number of fused-ring (bicyclic) bond motifs is 1. The van der Waals surface area contributed by atoms with Crippen LogP contribution in [-0.2, 0) is 16.0 Å². The SMILES string of the molecule is NCCCC[C@H]1C(=O)N(CCc2ccc3ccccc3c2)CCN1CC(=O)C/C=C/c1ccccc1. The lowest BCUT2D eigenvalue weighted by Gasteiger charge is -2.40. The Kier molecular flexibility index (Phi) is 9.42. The Balaban J connectivity index is 1.34. The van der Waals surface area contributed by atoms with Crippen molar-refractivity contribution in [2.24, 2.45) is 5.73 Å². The van der Waals surface area contributed by atoms with Gasteiger partial charge < -0.3 is 10.6 Å². The van der Waals surface area contributed by atoms with Crippen LogP contribution < -0.4 is 5.73 Å². The minimum Gasteiger partial charge on any atom is -0.340 e. The van der Waals surface area contributed by atoms with E-state index in [-0.39, 0.29) is 17.7 Å². The number of hydrogen-bond acceptors (Lipinski definition) is 4. The van der Waals surface area contributed by atoms with Crippen LogP contribution in [0.25, 0.3) is 16.8 Å². The van der Waals surface area contributed by atoms with Crippen LogP contribution in [0.5, 0.6) is 0 Å². The van der Waals surface area contributed by atoms with Gasteiger partial charge in [0.1, 0.15) is 0 Å². The minimum absolute atomic E-state index is 0.142. The fourth-order valence-corrected chi connectivity index (χ4v) is 4.92. The summed E-state index contributed by atoms with van der Waals surface area (Å²) in [6.07, 6.45) is 7.63. The fraction of sp³-hybridized carbons (Fsp3) is 0.355. The number of unbranched alkanes of at least 4 members (excludes halogenated alkanes) is 1. The second-order valence-electron chi connectivity index (χ2n) is 9.58. The molecule has 5 nitrogen and oxygen atoms in total. The van der Waals surface area contributed by atoms with E-state index in [1.165, 1.54) is 16.3 Å². The van der Waals surface area contributed by atoms with Gasteiger partial charge in [0.15, 0.2) is 5.78 Å². The third-order valence-corrected chi connectivity index (χ3v) is 6.95. The molecule has 1 saturated heterocycles. The molecule has 1 heterocycles. The van der Waals surface area contributed by atoms with Gasteiger partial charge in [-0.3, -0.25) is 14.5 Å². The van der Waals surface area contributed by atoms with E-state index in [4.69, 9.17) is 5.73 Å². The molecule has 0 bridgehead atoms. The summed E-state index contributed by atoms with van der Waals surface area (Å²) in [5.41, 5.74) is 8.03. The lowest BCUT2D eigenvalue weighted by molar-refractivity contribution is -0.143. The predicted molar refractivity (Wildman–Crippen MR) is 148 cm³/mol. The number of amides is 1. The van der Waals surface area contributed by atoms with Crippen LogP contribution in [0.3, 0.4) is 0 Å². The van der Waals surface area contributed by atoms with Gasteiger partial charge in [0.2, 0.25) is 5.91 Å². The average molecular weight is 484 g/mol. The maximum Gasteiger partial charge on any atom is 0.239 e. The van der Waals surface area contributed by atoms with Crippen molar-refractivity contribution in [1.82, 2.24) is 9.80 Å². The predicted octanol–water partition coefficient (Wildman–Crippen LogP) is 4.70. The number of Topliss-reactive ketones (excluding diaryl/α,β-unsaturated/α-hetero) is 1. The van der Waals surface area contributed by atoms with Crippen molar-refractivity contribution in [2.75, 3.05) is 32.7 Å². The molecule has 0 radical (unpaired) electrons. The van der Waals surface area contributed by atoms with E-state index < -0.39 is 0 Å². The number of allylic oxidation sites excluding steroid dienone is 1. The molecule has 36 heavy (non-hydrogen) atoms. The van der Waals surface area contributed by atoms with Gasteiger partial charge in [-0.25, -0.2) is 0 Å². The monoisotopic (exact) mass is 483 g/mol. The number of rotatable bonds is 12. The highest BCUT2D eigenvalue weighted by molar-refractivity contribution is 5.86. The molecule has 0 aliphatic carbocycles. The fourth-order valence-electron chi connectivity index (χ4n) is 4.92. The molecule has 5 heteroatoms. The van der Waals surface area contributed by atoms with Crippen molar-refractivity contribution in [3.8, 4) is 0 Å². The van der Waals surface area contributed by atoms with E-state index in [0.29, 0.717) is 32.6 Å². The molecular weight excluding hydrogens is 446 g/mol. The standard InChI is InChI=1S/C31H37N3O2/c32-19-7-6-15-30-31(36)33(20-18-26-16-17-27-12-4-5-13-28(27)23-26)21-22-34(30)24-29(35)14-8-11-25-9-2-1-3-10-25/h1-5,8-13,16-17,23,30H,6-7,14-15,18-22,24,32H2/b11-8+/t30-/m0/s1. The normalized spacial score (nSPS) is 16.8. The molecule has 3 aromatic carbocycles. The molecule has 0 spiro atoms. The smallest absolute Gasteiger partial charge is 0.239 e. The highest BCUT2D eigenvalue weighted by atomic mass is 16.2. The molecule has 0 aromatic heterocycles. The number of ketones is 1. The lowest BCUT2D eigenvalue weighted by atomic mass is 10.0. The first kappa shape index (κ1) is 25.8. The van der Waals surface area contributed by atoms with Crippen LogP contribution in [0.2, 0.25) is 0 Å². The number of benzene rings is 3. The molecule has 2 N–H and O–H groups in total. The van der Waals surface area contributed by atoms with Crippen LogP contribution in [0.4, 0.5) is 0 Å². The van der Waals surface area contributed by atoms with Gasteiger partial charge in [0.25, 0.3) is 0 Å². The Labute approximate surface area is 214 Å². The number of nitrogens with two attached hydrogens (primary N) is 1. The van der Waals surface area contributed by atoms with Crippen molar-refractivity contribution in [2.45, 2.75) is 38.1 Å². The topological polar surface area (TPSA) is 66.6 Å². The van der Waals surface area contributed by atoms with Crippen molar-refractivity contribution in [1.29, 1.82) is 0 Å². The van der Waals surface area contributed by atoms with E-state index in [2.05, 4.69) is 47.4 Å². The van der Waals surface area contributed by atoms with E-state index in [9.17, 15) is 9.59 Å². The first-order chi connectivity index (χ1) is 17.6. The van der Waals surface area contributed by atoms with Crippen LogP contribution >= 0.6 is 0 Å². The van der Waals surface area contributed by atoms with Crippen LogP contribution in [-0.4, -0.2) is 60.3 Å². The third kappa shape index (κ3) is 7.12. The van der Waals surface area contributed by atoms with Gasteiger partial charge in [-0.2, -0.15) is 0 Å². The number of carbonyl (C=O) groups is 2. The third-order valence-electron chi connectivity index (χ3n) is 6.95. The Morgan fingerprint density at radius 2 is 1.72 bits per heavy atom. The summed E-state index contributed by atoms with van der Waals surface area (Å²) in [6, 6.07) is 24.6. The lowest BCUT2D eigenvalue weighted by Crippen LogP contribution is -2.58. The summed E-state index contributed by atoms with van der Waals surface area (Å²) in [5, 5.41) is 2.46. The molecule has 3 aromatic rings. The van der Waals surface area contributed by atoms with Crippen molar-refractivity contribution < 1.29 is 9.59 Å². The molecular formula is C31H37N3O2. The second-order valence-corrected chi connectivity index (χ2v) is 9.58. The molecule has 0 unspecified atom stereocenters. The Bertz CT molecular complexity index is 1170. The molecule has 1 amide bonds. The van der Waals surface area contributed by atoms with Crippen molar-refractivity contribution in [3.63, 3.8) is 0 Å². The molecule has 0 saturated carbocycles. The molecule has 4 rings (SSSR count). The van der Waals surface area contributed by atoms with Gasteiger partial charge in [0, 0.05) is 26.1 Å². The highest BCUT2D eigenvalue weighted by Crippen LogP contribution is 2.20. The largest absolute Gasteiger partial charge is 0.340 e. The van der Waals surface area contributed by atoms with E-state index >= 15 is 0 Å². The van der Waals surface area contributed by atoms with Gasteiger partial charge in [-0.1, -0.05) is 91.4 Å². The minimum atomic E-state index is -0.246. The van der Waals surface area contributed by atoms with Crippen LogP contribution in [0, 0.1) is 0 Å². The summed E-state index contributed by atoms with van der Waals surface area (Å²) < 4.78 is 0. The number of carbonyl (C=O) groups excluding carboxylic acids is 2. The molecule has 1 aliphatic heterocycles. The van der Waals surface area contributed by atoms with Gasteiger partial charge in [0.05, 0.1) is 12.6 Å². The van der Waals surface area contributed by atoms with E-state index in [0.717, 1.165) is 37.8 Å². The van der Waals surface area contributed by atoms with Gasteiger partial charge in [-0.05, 0) is 47.7 Å². The van der Waals surface area contributed by atoms with E-state index in [1.54, 1.807) is 0 Å². The molecule has 1 fully saturated rings. The zero-order valence-corrected chi connectivity index (χ0v) is 21.0. The Morgan fingerprint density at radius 1 is 0.944 bits per heavy atom. The number of nitrogens with zero attached hydrogens (tertiary/aromatic N) is 2. The summed E-state index contributed by atoms with van der Waals surface area (Å²) in [4.78, 5) is 30.3. The number of piperazine rings is 1. The van der Waals surface area contributed by atoms with Gasteiger partial charge >= 0.3 is 0 Å². The quantitative estimate of drug-likeness (QED) is 0.379. The maximum atomic E-state index is 13.5. The second kappa shape index (κ2) is 13.1. The highest BCUT2D eigenvalue weighted by Gasteiger charge is 2.34. The molecule has 188 valence electrons. The average Bonchev–Trinajstić information content (AvgIpc) is 2.90. The maximum absolute atomic E-state index is 13.5. The summed E-state index contributed by atoms with van der Waals surface area (Å²) >= 11 is 0. The first-order valence-electron chi connectivity index (χ1n) is 13.1. The summed E-state index contributed by atoms with van der Waals surface area (Å²) in [5.74, 6) is 0.287. The molecule has 1 atom stereocenters. The zero-order valence-electron chi connectivity index (χ0n) is 21.0. The Hall–Kier alpha value is -3.28. The van der Waals surface area contributed by atoms with Crippen molar-refractivity contribution in [3.05, 3.63) is 90.0 Å². The summed E-state index contributed by atoms with van der Waals surface area (Å²) in [7, 11) is 0. The molecule has 1 aliphatic rings. The van der Waals surface area contributed by atoms with Crippen LogP contribution in [0.15, 0.2) is 78.9 Å². The van der Waals surface area contributed by atoms with E-state index in [1.807, 2.05) is 47.4 Å². The first-order valence-corrected chi connectivity index (χ1v) is 13.1. The summed E-state index contributed by atoms with van der Waals surface area (Å²) in [6.45, 7) is 3.02. The van der Waals surface area contributed by atoms with Crippen LogP contribution in [0.1, 0.15) is 36.8 Å². The van der Waals surface area contributed by atoms with Gasteiger partial charge in [-0.15, -0.1) is 0 Å². The van der Waals surface area contributed by atoms with Crippen molar-refractivity contribution >= 4 is 28.5 Å². The Morgan fingerprint density at radius 3 is 2.53 bits per heavy atom. The number of hydrogen-bond donors (Lipinski definition) is 1.